The van der Waals surface area contributed by atoms with Crippen molar-refractivity contribution in [3.63, 3.8) is 0 Å². The molecule has 1 heterocycles. The lowest BCUT2D eigenvalue weighted by Gasteiger charge is -2.09. The van der Waals surface area contributed by atoms with E-state index in [1.165, 1.54) is 10.1 Å². The van der Waals surface area contributed by atoms with Crippen LogP contribution < -0.4 is 5.73 Å². The molecule has 14 heavy (non-hydrogen) atoms. The fourth-order valence-electron chi connectivity index (χ4n) is 1.51. The molecule has 2 aromatic rings. The van der Waals surface area contributed by atoms with Crippen LogP contribution in [0.15, 0.2) is 29.6 Å². The van der Waals surface area contributed by atoms with Gasteiger partial charge in [0.25, 0.3) is 0 Å². The number of aliphatic hydroxyl groups excluding tert-OH is 1. The van der Waals surface area contributed by atoms with Gasteiger partial charge in [0.05, 0.1) is 0 Å². The Kier molecular flexibility index (Phi) is 2.82. The molecule has 1 aromatic heterocycles. The first-order chi connectivity index (χ1) is 6.81. The molecule has 3 heteroatoms. The Labute approximate surface area is 87.0 Å². The molecule has 0 radical (unpaired) electrons. The van der Waals surface area contributed by atoms with Gasteiger partial charge in [0.15, 0.2) is 0 Å². The second-order valence-electron chi connectivity index (χ2n) is 3.34. The zero-order chi connectivity index (χ0) is 9.97. The highest BCUT2D eigenvalue weighted by Crippen LogP contribution is 2.24. The normalized spacial score (nSPS) is 13.3. The SMILES string of the molecule is N[C@H](CCO)c1ccc2ccsc2c1. The first-order valence-corrected chi connectivity index (χ1v) is 5.53. The molecule has 3 N–H and O–H groups in total. The van der Waals surface area contributed by atoms with E-state index in [-0.39, 0.29) is 12.6 Å². The summed E-state index contributed by atoms with van der Waals surface area (Å²) in [6.07, 6.45) is 0.622. The van der Waals surface area contributed by atoms with Crippen LogP contribution in [0.25, 0.3) is 10.1 Å². The molecule has 1 aromatic carbocycles. The Balaban J connectivity index is 2.33. The highest BCUT2D eigenvalue weighted by Gasteiger charge is 2.05. The summed E-state index contributed by atoms with van der Waals surface area (Å²) in [6.45, 7) is 0.143. The fraction of sp³-hybridized carbons (Fsp3) is 0.273. The summed E-state index contributed by atoms with van der Waals surface area (Å²) >= 11 is 1.72. The molecule has 0 fully saturated rings. The lowest BCUT2D eigenvalue weighted by Crippen LogP contribution is -2.11. The van der Waals surface area contributed by atoms with E-state index >= 15 is 0 Å². The van der Waals surface area contributed by atoms with Crippen LogP contribution in [0.1, 0.15) is 18.0 Å². The van der Waals surface area contributed by atoms with Gasteiger partial charge in [-0.05, 0) is 34.9 Å². The van der Waals surface area contributed by atoms with Gasteiger partial charge in [0.1, 0.15) is 0 Å². The number of fused-ring (bicyclic) bond motifs is 1. The minimum absolute atomic E-state index is 0.0495. The van der Waals surface area contributed by atoms with Gasteiger partial charge in [0.2, 0.25) is 0 Å². The van der Waals surface area contributed by atoms with Crippen LogP contribution in [0.3, 0.4) is 0 Å². The summed E-state index contributed by atoms with van der Waals surface area (Å²) in [5.74, 6) is 0. The van der Waals surface area contributed by atoms with E-state index < -0.39 is 0 Å². The lowest BCUT2D eigenvalue weighted by atomic mass is 10.0. The van der Waals surface area contributed by atoms with Gasteiger partial charge in [-0.1, -0.05) is 12.1 Å². The van der Waals surface area contributed by atoms with Crippen molar-refractivity contribution in [1.82, 2.24) is 0 Å². The van der Waals surface area contributed by atoms with Crippen molar-refractivity contribution in [2.24, 2.45) is 5.73 Å². The quantitative estimate of drug-likeness (QED) is 0.811. The van der Waals surface area contributed by atoms with Crippen molar-refractivity contribution in [3.8, 4) is 0 Å². The molecule has 0 amide bonds. The van der Waals surface area contributed by atoms with Crippen molar-refractivity contribution in [2.45, 2.75) is 12.5 Å². The van der Waals surface area contributed by atoms with Crippen LogP contribution in [-0.2, 0) is 0 Å². The largest absolute Gasteiger partial charge is 0.396 e. The fourth-order valence-corrected chi connectivity index (χ4v) is 2.35. The second-order valence-corrected chi connectivity index (χ2v) is 4.28. The number of hydrogen-bond acceptors (Lipinski definition) is 3. The van der Waals surface area contributed by atoms with E-state index in [2.05, 4.69) is 23.6 Å². The Morgan fingerprint density at radius 3 is 3.00 bits per heavy atom. The summed E-state index contributed by atoms with van der Waals surface area (Å²) in [5.41, 5.74) is 7.02. The van der Waals surface area contributed by atoms with Crippen LogP contribution in [0.5, 0.6) is 0 Å². The topological polar surface area (TPSA) is 46.2 Å². The van der Waals surface area contributed by atoms with Crippen LogP contribution in [0.4, 0.5) is 0 Å². The van der Waals surface area contributed by atoms with Gasteiger partial charge in [-0.15, -0.1) is 11.3 Å². The van der Waals surface area contributed by atoms with E-state index in [9.17, 15) is 0 Å². The van der Waals surface area contributed by atoms with Gasteiger partial charge < -0.3 is 10.8 Å². The third-order valence-corrected chi connectivity index (χ3v) is 3.23. The van der Waals surface area contributed by atoms with Gasteiger partial charge >= 0.3 is 0 Å². The molecule has 1 atom stereocenters. The van der Waals surface area contributed by atoms with Crippen molar-refractivity contribution in [2.75, 3.05) is 6.61 Å². The van der Waals surface area contributed by atoms with E-state index in [0.29, 0.717) is 6.42 Å². The average molecular weight is 207 g/mol. The number of thiophene rings is 1. The molecular formula is C11H13NOS. The summed E-state index contributed by atoms with van der Waals surface area (Å²) in [5, 5.41) is 12.1. The average Bonchev–Trinajstić information content (AvgIpc) is 2.64. The first-order valence-electron chi connectivity index (χ1n) is 4.65. The molecule has 0 unspecified atom stereocenters. The van der Waals surface area contributed by atoms with Crippen molar-refractivity contribution < 1.29 is 5.11 Å². The summed E-state index contributed by atoms with van der Waals surface area (Å²) in [7, 11) is 0. The maximum Gasteiger partial charge on any atom is 0.0449 e. The number of nitrogens with two attached hydrogens (primary N) is 1. The lowest BCUT2D eigenvalue weighted by molar-refractivity contribution is 0.276. The standard InChI is InChI=1S/C11H13NOS/c12-10(3-5-13)9-2-1-8-4-6-14-11(8)7-9/h1-2,4,6-7,10,13H,3,5,12H2/t10-/m1/s1. The predicted molar refractivity (Wildman–Crippen MR) is 60.5 cm³/mol. The molecule has 0 spiro atoms. The molecule has 2 nitrogen and oxygen atoms in total. The Hall–Kier alpha value is -0.900. The van der Waals surface area contributed by atoms with Crippen LogP contribution >= 0.6 is 11.3 Å². The molecule has 0 saturated heterocycles. The van der Waals surface area contributed by atoms with Gasteiger partial charge in [-0.3, -0.25) is 0 Å². The first kappa shape index (κ1) is 9.65. The molecule has 0 aliphatic carbocycles. The van der Waals surface area contributed by atoms with Crippen molar-refractivity contribution in [1.29, 1.82) is 0 Å². The number of benzene rings is 1. The molecule has 0 aliphatic heterocycles. The molecule has 74 valence electrons. The van der Waals surface area contributed by atoms with Crippen LogP contribution in [-0.4, -0.2) is 11.7 Å². The zero-order valence-corrected chi connectivity index (χ0v) is 8.63. The highest BCUT2D eigenvalue weighted by atomic mass is 32.1. The molecule has 0 saturated carbocycles. The maximum atomic E-state index is 8.79. The zero-order valence-electron chi connectivity index (χ0n) is 7.81. The third-order valence-electron chi connectivity index (χ3n) is 2.35. The number of hydrogen-bond donors (Lipinski definition) is 2. The van der Waals surface area contributed by atoms with Crippen molar-refractivity contribution in [3.05, 3.63) is 35.2 Å². The Bertz CT molecular complexity index is 424. The van der Waals surface area contributed by atoms with Gasteiger partial charge in [0, 0.05) is 17.3 Å². The van der Waals surface area contributed by atoms with E-state index in [0.717, 1.165) is 5.56 Å². The van der Waals surface area contributed by atoms with E-state index in [1.807, 2.05) is 6.07 Å². The summed E-state index contributed by atoms with van der Waals surface area (Å²) in [4.78, 5) is 0. The minimum Gasteiger partial charge on any atom is -0.396 e. The summed E-state index contributed by atoms with van der Waals surface area (Å²) in [6, 6.07) is 8.28. The minimum atomic E-state index is -0.0495. The Morgan fingerprint density at radius 2 is 2.21 bits per heavy atom. The van der Waals surface area contributed by atoms with Crippen LogP contribution in [0.2, 0.25) is 0 Å². The van der Waals surface area contributed by atoms with Crippen LogP contribution in [0, 0.1) is 0 Å². The predicted octanol–water partition coefficient (Wildman–Crippen LogP) is 2.28. The maximum absolute atomic E-state index is 8.79. The van der Waals surface area contributed by atoms with Crippen molar-refractivity contribution >= 4 is 21.4 Å². The third kappa shape index (κ3) is 1.80. The molecule has 0 bridgehead atoms. The van der Waals surface area contributed by atoms with Gasteiger partial charge in [-0.25, -0.2) is 0 Å². The summed E-state index contributed by atoms with van der Waals surface area (Å²) < 4.78 is 1.26. The molecular weight excluding hydrogens is 194 g/mol. The van der Waals surface area contributed by atoms with E-state index in [4.69, 9.17) is 10.8 Å². The number of rotatable bonds is 3. The van der Waals surface area contributed by atoms with Gasteiger partial charge in [-0.2, -0.15) is 0 Å². The highest BCUT2D eigenvalue weighted by molar-refractivity contribution is 7.17. The number of aliphatic hydroxyl groups is 1. The molecule has 2 rings (SSSR count). The smallest absolute Gasteiger partial charge is 0.0449 e. The Morgan fingerprint density at radius 1 is 1.36 bits per heavy atom. The molecule has 0 aliphatic rings. The van der Waals surface area contributed by atoms with E-state index in [1.54, 1.807) is 11.3 Å². The monoisotopic (exact) mass is 207 g/mol. The second kappa shape index (κ2) is 4.09.